The quantitative estimate of drug-likeness (QED) is 0.0125. The first kappa shape index (κ1) is 99.3. The van der Waals surface area contributed by atoms with Gasteiger partial charge < -0.3 is 128 Å². The third kappa shape index (κ3) is 43.4. The van der Waals surface area contributed by atoms with Crippen LogP contribution in [0.5, 0.6) is 0 Å². The number of unbranched alkanes of at least 4 members (excludes halogenated alkanes) is 12. The summed E-state index contributed by atoms with van der Waals surface area (Å²) in [6.07, 6.45) is 7.12. The van der Waals surface area contributed by atoms with Gasteiger partial charge in [0, 0.05) is 57.1 Å². The second kappa shape index (κ2) is 56.5. The maximum atomic E-state index is 14.7. The SMILES string of the molecule is CCCCCCCCCCCCCCCC(=O)NC(CCC(=O)O)C(=O)NC(CCCN)C(=O)NC(Cc1cnc[nH]1)C(=O)NC(CCCN=C(N)N)C(=O)NC(CCC(N)=O)C(=O)NC(C(=O)NC(CCCN=C(C)N)C(=O)NC(CO)C(=O)NC(CO)C(=O)NC(C(C)O)C(O)NC(CCC(=O)O)C(N)=O)C(C)O. The zero-order valence-electron chi connectivity index (χ0n) is 64.0. The molecule has 0 fully saturated rings. The van der Waals surface area contributed by atoms with Crippen LogP contribution in [0, 0.1) is 0 Å². The number of amides is 12. The number of nitrogens with one attached hydrogen (secondary N) is 12. The Hall–Kier alpha value is -9.75. The Bertz CT molecular complexity index is 3120. The van der Waals surface area contributed by atoms with E-state index in [1.807, 2.05) is 0 Å². The van der Waals surface area contributed by atoms with Crippen molar-refractivity contribution in [3.63, 3.8) is 0 Å². The van der Waals surface area contributed by atoms with Gasteiger partial charge in [0.25, 0.3) is 0 Å². The molecule has 0 saturated carbocycles. The lowest BCUT2D eigenvalue weighted by Gasteiger charge is -2.31. The molecule has 14 atom stereocenters. The molecule has 0 bridgehead atoms. The first-order valence-corrected chi connectivity index (χ1v) is 37.6. The van der Waals surface area contributed by atoms with Gasteiger partial charge >= 0.3 is 11.9 Å². The summed E-state index contributed by atoms with van der Waals surface area (Å²) >= 11 is 0. The van der Waals surface area contributed by atoms with Gasteiger partial charge in [-0.05, 0) is 91.5 Å². The number of hydrogen-bond donors (Lipinski definition) is 25. The monoisotopic (exact) mass is 1580 g/mol. The molecule has 42 heteroatoms. The summed E-state index contributed by atoms with van der Waals surface area (Å²) in [5.74, 6) is -15.8. The highest BCUT2D eigenvalue weighted by Crippen LogP contribution is 2.16. The topological polar surface area (TPSA) is 722 Å². The summed E-state index contributed by atoms with van der Waals surface area (Å²) in [5, 5.41) is 97.6. The van der Waals surface area contributed by atoms with Crippen LogP contribution in [0.25, 0.3) is 0 Å². The average Bonchev–Trinajstić information content (AvgIpc) is 1.36. The van der Waals surface area contributed by atoms with E-state index in [2.05, 4.69) is 85.4 Å². The number of aliphatic carboxylic acids is 2. The van der Waals surface area contributed by atoms with Gasteiger partial charge in [-0.25, -0.2) is 4.98 Å². The molecular weight excluding hydrogens is 1460 g/mol. The number of aromatic nitrogens is 2. The number of aliphatic hydroxyl groups excluding tert-OH is 5. The number of rotatable bonds is 63. The molecule has 1 aromatic heterocycles. The van der Waals surface area contributed by atoms with Crippen LogP contribution >= 0.6 is 0 Å². The summed E-state index contributed by atoms with van der Waals surface area (Å²) in [6.45, 7) is 3.26. The van der Waals surface area contributed by atoms with E-state index < -0.39 is 213 Å². The van der Waals surface area contributed by atoms with Crippen molar-refractivity contribution in [1.82, 2.24) is 68.5 Å². The van der Waals surface area contributed by atoms with Crippen LogP contribution in [0.2, 0.25) is 0 Å². The number of primary amides is 2. The van der Waals surface area contributed by atoms with Crippen molar-refractivity contribution in [1.29, 1.82) is 0 Å². The lowest BCUT2D eigenvalue weighted by molar-refractivity contribution is -0.139. The van der Waals surface area contributed by atoms with Gasteiger partial charge in [-0.2, -0.15) is 0 Å². The number of imidazole rings is 1. The first-order chi connectivity index (χ1) is 52.6. The molecule has 0 aliphatic heterocycles. The molecule has 14 unspecified atom stereocenters. The van der Waals surface area contributed by atoms with Crippen LogP contribution in [0.3, 0.4) is 0 Å². The number of aliphatic hydroxyl groups is 5. The van der Waals surface area contributed by atoms with E-state index in [0.29, 0.717) is 6.42 Å². The van der Waals surface area contributed by atoms with Gasteiger partial charge in [0.1, 0.15) is 60.6 Å². The Labute approximate surface area is 645 Å². The highest BCUT2D eigenvalue weighted by molar-refractivity contribution is 5.99. The molecule has 0 aliphatic rings. The molecule has 111 heavy (non-hydrogen) atoms. The molecule has 12 amide bonds. The second-order valence-corrected chi connectivity index (χ2v) is 27.2. The van der Waals surface area contributed by atoms with Crippen molar-refractivity contribution in [2.24, 2.45) is 44.4 Å². The fraction of sp³-hybridized carbons (Fsp3) is 0.725. The van der Waals surface area contributed by atoms with E-state index >= 15 is 0 Å². The predicted molar refractivity (Wildman–Crippen MR) is 403 cm³/mol. The van der Waals surface area contributed by atoms with Gasteiger partial charge in [0.05, 0.1) is 49.7 Å². The number of carboxylic acid groups (broad SMARTS) is 2. The van der Waals surface area contributed by atoms with Crippen LogP contribution in [-0.4, -0.2) is 258 Å². The highest BCUT2D eigenvalue weighted by atomic mass is 16.4. The van der Waals surface area contributed by atoms with Crippen molar-refractivity contribution in [2.75, 3.05) is 32.8 Å². The average molecular weight is 1580 g/mol. The number of amidine groups is 1. The van der Waals surface area contributed by atoms with E-state index in [4.69, 9.17) is 39.5 Å². The molecule has 0 spiro atoms. The summed E-state index contributed by atoms with van der Waals surface area (Å²) in [7, 11) is 0. The van der Waals surface area contributed by atoms with Crippen LogP contribution < -0.4 is 92.9 Å². The molecule has 42 nitrogen and oxygen atoms in total. The molecule has 1 aromatic rings. The number of aliphatic imine (C=N–C) groups is 2. The third-order valence-corrected chi connectivity index (χ3v) is 17.5. The first-order valence-electron chi connectivity index (χ1n) is 37.6. The van der Waals surface area contributed by atoms with Crippen LogP contribution in [0.15, 0.2) is 22.5 Å². The molecule has 0 aromatic carbocycles. The zero-order valence-corrected chi connectivity index (χ0v) is 64.0. The van der Waals surface area contributed by atoms with Crippen molar-refractivity contribution < 1.29 is 103 Å². The number of hydrogen-bond acceptors (Lipinski definition) is 24. The fourth-order valence-corrected chi connectivity index (χ4v) is 11.2. The third-order valence-electron chi connectivity index (χ3n) is 17.5. The highest BCUT2D eigenvalue weighted by Gasteiger charge is 2.38. The van der Waals surface area contributed by atoms with Crippen molar-refractivity contribution in [2.45, 2.75) is 286 Å². The zero-order chi connectivity index (χ0) is 83.5. The number of H-pyrrole nitrogens is 1. The van der Waals surface area contributed by atoms with Crippen molar-refractivity contribution >= 4 is 94.6 Å². The molecule has 630 valence electrons. The molecule has 0 radical (unpaired) electrons. The Balaban J connectivity index is 3.60. The van der Waals surface area contributed by atoms with Gasteiger partial charge in [-0.1, -0.05) is 84.0 Å². The van der Waals surface area contributed by atoms with E-state index in [0.717, 1.165) is 46.0 Å². The summed E-state index contributed by atoms with van der Waals surface area (Å²) < 4.78 is 0. The molecule has 0 aliphatic carbocycles. The largest absolute Gasteiger partial charge is 0.481 e. The van der Waals surface area contributed by atoms with Gasteiger partial charge in [0.2, 0.25) is 70.9 Å². The summed E-state index contributed by atoms with van der Waals surface area (Å²) in [5.41, 5.74) is 33.7. The standard InChI is InChI=1S/C69H123N21O21/c1-5-6-7-8-9-10-11-12-13-14-15-16-17-24-53(96)80-47(27-30-55(99)100)62(105)82-44(21-18-31-70)60(103)86-49(34-42-35-76-38-79-42)64(107)83-45(23-20-33-78-69(74)75)59(102)84-48(25-28-52(72)95)63(106)89-57(40(3)94)68(111)85-46(22-19-32-77-41(4)71)61(104)87-50(36-91)65(108)88-51(37-92)66(109)90-56(39(2)93)67(110)81-43(58(73)101)26-29-54(97)98/h35,38-40,43-51,56-57,67,81,91-94,110H,5-34,36-37,70H2,1-4H3,(H2,71,77)(H2,72,95)(H2,73,101)(H,76,79)(H,80,96)(H,82,105)(H,83,107)(H,84,102)(H,85,111)(H,86,103)(H,87,104)(H,88,108)(H,89,106)(H,90,109)(H,97,98)(H,99,100)(H4,74,75,78). The van der Waals surface area contributed by atoms with Gasteiger partial charge in [-0.15, -0.1) is 0 Å². The van der Waals surface area contributed by atoms with E-state index in [-0.39, 0.29) is 94.9 Å². The lowest BCUT2D eigenvalue weighted by Crippen LogP contribution is -2.63. The Morgan fingerprint density at radius 1 is 0.450 bits per heavy atom. The molecule has 1 rings (SSSR count). The number of carbonyl (C=O) groups is 14. The van der Waals surface area contributed by atoms with E-state index in [9.17, 15) is 97.8 Å². The van der Waals surface area contributed by atoms with Crippen LogP contribution in [-0.2, 0) is 73.5 Å². The van der Waals surface area contributed by atoms with E-state index in [1.165, 1.54) is 64.4 Å². The minimum atomic E-state index is -2.02. The minimum absolute atomic E-state index is 0.0257. The fourth-order valence-electron chi connectivity index (χ4n) is 11.2. The molecule has 31 N–H and O–H groups in total. The van der Waals surface area contributed by atoms with Crippen LogP contribution in [0.1, 0.15) is 200 Å². The minimum Gasteiger partial charge on any atom is -0.481 e. The second-order valence-electron chi connectivity index (χ2n) is 27.2. The molecule has 1 heterocycles. The number of nitrogens with two attached hydrogens (primary N) is 6. The lowest BCUT2D eigenvalue weighted by atomic mass is 10.0. The Morgan fingerprint density at radius 2 is 0.847 bits per heavy atom. The Kier molecular flexibility index (Phi) is 50.5. The van der Waals surface area contributed by atoms with Gasteiger partial charge in [0.15, 0.2) is 5.96 Å². The number of carbonyl (C=O) groups excluding carboxylic acids is 12. The number of guanidine groups is 1. The summed E-state index contributed by atoms with van der Waals surface area (Å²) in [4.78, 5) is 203. The van der Waals surface area contributed by atoms with Crippen molar-refractivity contribution in [3.8, 4) is 0 Å². The van der Waals surface area contributed by atoms with E-state index in [1.54, 1.807) is 0 Å². The number of carboxylic acids is 2. The smallest absolute Gasteiger partial charge is 0.303 e. The maximum Gasteiger partial charge on any atom is 0.303 e. The molecule has 0 saturated heterocycles. The normalized spacial score (nSPS) is 15.2. The Morgan fingerprint density at radius 3 is 1.27 bits per heavy atom. The predicted octanol–water partition coefficient (Wildman–Crippen LogP) is -6.27. The number of aromatic amines is 1. The maximum absolute atomic E-state index is 14.7. The van der Waals surface area contributed by atoms with Gasteiger partial charge in [-0.3, -0.25) is 82.4 Å². The van der Waals surface area contributed by atoms with Crippen LogP contribution in [0.4, 0.5) is 0 Å². The summed E-state index contributed by atoms with van der Waals surface area (Å²) in [6, 6.07) is -18.8. The number of nitrogens with zero attached hydrogens (tertiary/aromatic N) is 3. The van der Waals surface area contributed by atoms with Crippen molar-refractivity contribution in [3.05, 3.63) is 18.2 Å². The molecular formula is C69H123N21O21.